The van der Waals surface area contributed by atoms with E-state index >= 15 is 0 Å². The fraction of sp³-hybridized carbons (Fsp3) is 1.00. The smallest absolute Gasteiger partial charge is 0.0594 e. The van der Waals surface area contributed by atoms with Crippen molar-refractivity contribution in [2.24, 2.45) is 0 Å². The highest BCUT2D eigenvalue weighted by atomic mass is 16.5. The van der Waals surface area contributed by atoms with E-state index in [9.17, 15) is 0 Å². The second kappa shape index (κ2) is 5.10. The molecule has 0 aromatic carbocycles. The minimum absolute atomic E-state index is 0.710. The molecule has 1 heterocycles. The van der Waals surface area contributed by atoms with Gasteiger partial charge in [-0.25, -0.2) is 0 Å². The quantitative estimate of drug-likeness (QED) is 0.712. The Morgan fingerprint density at radius 1 is 1.14 bits per heavy atom. The zero-order valence-corrected chi connectivity index (χ0v) is 9.17. The Kier molecular flexibility index (Phi) is 3.79. The second-order valence-corrected chi connectivity index (χ2v) is 4.40. The van der Waals surface area contributed by atoms with E-state index in [2.05, 4.69) is 17.3 Å². The fourth-order valence-electron chi connectivity index (χ4n) is 2.79. The van der Waals surface area contributed by atoms with Gasteiger partial charge in [0.1, 0.15) is 0 Å². The predicted octanol–water partition coefficient (Wildman–Crippen LogP) is 0.849. The van der Waals surface area contributed by atoms with Crippen LogP contribution in [0.2, 0.25) is 0 Å². The van der Waals surface area contributed by atoms with Crippen LogP contribution in [0.4, 0.5) is 0 Å². The summed E-state index contributed by atoms with van der Waals surface area (Å²) >= 11 is 0. The number of ether oxygens (including phenoxy) is 1. The van der Waals surface area contributed by atoms with Crippen LogP contribution in [-0.4, -0.2) is 50.3 Å². The number of hydrogen-bond donors (Lipinski definition) is 1. The first-order valence-electron chi connectivity index (χ1n) is 5.91. The van der Waals surface area contributed by atoms with Crippen LogP contribution in [0.5, 0.6) is 0 Å². The number of nitrogens with one attached hydrogen (secondary N) is 1. The molecule has 1 N–H and O–H groups in total. The van der Waals surface area contributed by atoms with Gasteiger partial charge in [0.05, 0.1) is 13.2 Å². The lowest BCUT2D eigenvalue weighted by Crippen LogP contribution is -2.54. The first-order chi connectivity index (χ1) is 6.92. The van der Waals surface area contributed by atoms with Gasteiger partial charge in [-0.3, -0.25) is 4.90 Å². The maximum absolute atomic E-state index is 5.40. The number of morpholine rings is 1. The topological polar surface area (TPSA) is 24.5 Å². The van der Waals surface area contributed by atoms with Crippen molar-refractivity contribution in [1.29, 1.82) is 0 Å². The molecule has 0 aromatic heterocycles. The van der Waals surface area contributed by atoms with Gasteiger partial charge in [0, 0.05) is 25.2 Å². The number of likely N-dealkylation sites (N-methyl/N-ethyl adjacent to an activating group) is 1. The summed E-state index contributed by atoms with van der Waals surface area (Å²) in [6.07, 6.45) is 5.51. The Morgan fingerprint density at radius 3 is 2.57 bits per heavy atom. The first kappa shape index (κ1) is 10.4. The minimum atomic E-state index is 0.710. The van der Waals surface area contributed by atoms with Crippen LogP contribution < -0.4 is 5.32 Å². The molecule has 0 radical (unpaired) electrons. The molecule has 82 valence electrons. The molecule has 3 heteroatoms. The summed E-state index contributed by atoms with van der Waals surface area (Å²) in [4.78, 5) is 2.61. The molecule has 2 aliphatic rings. The van der Waals surface area contributed by atoms with E-state index in [1.807, 2.05) is 0 Å². The van der Waals surface area contributed by atoms with Crippen molar-refractivity contribution in [2.75, 3.05) is 33.4 Å². The summed E-state index contributed by atoms with van der Waals surface area (Å²) in [5.41, 5.74) is 0. The van der Waals surface area contributed by atoms with E-state index in [1.165, 1.54) is 25.7 Å². The van der Waals surface area contributed by atoms with Gasteiger partial charge in [0.2, 0.25) is 0 Å². The third kappa shape index (κ3) is 2.27. The SMILES string of the molecule is CN[C@@H]1CCCC[C@@H]1N1CCOCC1. The Labute approximate surface area is 86.8 Å². The molecule has 14 heavy (non-hydrogen) atoms. The van der Waals surface area contributed by atoms with Crippen molar-refractivity contribution in [1.82, 2.24) is 10.2 Å². The average molecular weight is 198 g/mol. The number of nitrogens with zero attached hydrogens (tertiary/aromatic N) is 1. The van der Waals surface area contributed by atoms with Gasteiger partial charge in [0.15, 0.2) is 0 Å². The van der Waals surface area contributed by atoms with Crippen LogP contribution in [0.1, 0.15) is 25.7 Å². The highest BCUT2D eigenvalue weighted by Gasteiger charge is 2.29. The maximum atomic E-state index is 5.40. The highest BCUT2D eigenvalue weighted by Crippen LogP contribution is 2.23. The Bertz CT molecular complexity index is 169. The van der Waals surface area contributed by atoms with Crippen molar-refractivity contribution in [2.45, 2.75) is 37.8 Å². The molecule has 1 aliphatic carbocycles. The normalized spacial score (nSPS) is 35.8. The van der Waals surface area contributed by atoms with Gasteiger partial charge in [-0.15, -0.1) is 0 Å². The molecule has 1 saturated carbocycles. The standard InChI is InChI=1S/C11H22N2O/c1-12-10-4-2-3-5-11(10)13-6-8-14-9-7-13/h10-12H,2-9H2,1H3/t10-,11+/m1/s1. The summed E-state index contributed by atoms with van der Waals surface area (Å²) in [5, 5.41) is 3.47. The summed E-state index contributed by atoms with van der Waals surface area (Å²) < 4.78 is 5.40. The fourth-order valence-corrected chi connectivity index (χ4v) is 2.79. The van der Waals surface area contributed by atoms with Crippen molar-refractivity contribution in [3.8, 4) is 0 Å². The van der Waals surface area contributed by atoms with Gasteiger partial charge < -0.3 is 10.1 Å². The van der Waals surface area contributed by atoms with E-state index in [0.717, 1.165) is 32.3 Å². The highest BCUT2D eigenvalue weighted by molar-refractivity contribution is 4.88. The Hall–Kier alpha value is -0.120. The lowest BCUT2D eigenvalue weighted by Gasteiger charge is -2.41. The maximum Gasteiger partial charge on any atom is 0.0594 e. The molecular formula is C11H22N2O. The largest absolute Gasteiger partial charge is 0.379 e. The van der Waals surface area contributed by atoms with Crippen LogP contribution in [0.25, 0.3) is 0 Å². The zero-order chi connectivity index (χ0) is 9.80. The minimum Gasteiger partial charge on any atom is -0.379 e. The van der Waals surface area contributed by atoms with Crippen LogP contribution in [0, 0.1) is 0 Å². The van der Waals surface area contributed by atoms with Gasteiger partial charge in [0.25, 0.3) is 0 Å². The molecule has 1 aliphatic heterocycles. The Morgan fingerprint density at radius 2 is 1.86 bits per heavy atom. The van der Waals surface area contributed by atoms with E-state index < -0.39 is 0 Å². The van der Waals surface area contributed by atoms with Crippen LogP contribution >= 0.6 is 0 Å². The summed E-state index contributed by atoms with van der Waals surface area (Å²) in [5.74, 6) is 0. The van der Waals surface area contributed by atoms with E-state index in [4.69, 9.17) is 4.74 Å². The number of rotatable bonds is 2. The molecule has 0 amide bonds. The monoisotopic (exact) mass is 198 g/mol. The lowest BCUT2D eigenvalue weighted by atomic mass is 9.89. The zero-order valence-electron chi connectivity index (χ0n) is 9.17. The summed E-state index contributed by atoms with van der Waals surface area (Å²) in [6.45, 7) is 4.10. The van der Waals surface area contributed by atoms with E-state index in [-0.39, 0.29) is 0 Å². The molecule has 2 atom stereocenters. The Balaban J connectivity index is 1.91. The molecule has 2 fully saturated rings. The third-order valence-electron chi connectivity index (χ3n) is 3.61. The van der Waals surface area contributed by atoms with E-state index in [0.29, 0.717) is 6.04 Å². The molecule has 0 unspecified atom stereocenters. The third-order valence-corrected chi connectivity index (χ3v) is 3.61. The van der Waals surface area contributed by atoms with Crippen molar-refractivity contribution in [3.05, 3.63) is 0 Å². The molecule has 2 rings (SSSR count). The van der Waals surface area contributed by atoms with Gasteiger partial charge in [-0.1, -0.05) is 12.8 Å². The average Bonchev–Trinajstić information content (AvgIpc) is 2.30. The van der Waals surface area contributed by atoms with Crippen molar-refractivity contribution >= 4 is 0 Å². The molecule has 0 bridgehead atoms. The second-order valence-electron chi connectivity index (χ2n) is 4.40. The molecular weight excluding hydrogens is 176 g/mol. The van der Waals surface area contributed by atoms with Gasteiger partial charge >= 0.3 is 0 Å². The van der Waals surface area contributed by atoms with Gasteiger partial charge in [-0.2, -0.15) is 0 Å². The molecule has 1 saturated heterocycles. The van der Waals surface area contributed by atoms with E-state index in [1.54, 1.807) is 0 Å². The van der Waals surface area contributed by atoms with Crippen LogP contribution in [0.3, 0.4) is 0 Å². The van der Waals surface area contributed by atoms with Crippen molar-refractivity contribution in [3.63, 3.8) is 0 Å². The summed E-state index contributed by atoms with van der Waals surface area (Å²) in [6, 6.07) is 1.47. The van der Waals surface area contributed by atoms with Crippen LogP contribution in [0.15, 0.2) is 0 Å². The van der Waals surface area contributed by atoms with Gasteiger partial charge in [-0.05, 0) is 19.9 Å². The predicted molar refractivity (Wildman–Crippen MR) is 57.5 cm³/mol. The molecule has 0 aromatic rings. The lowest BCUT2D eigenvalue weighted by molar-refractivity contribution is 0.000551. The van der Waals surface area contributed by atoms with Crippen LogP contribution in [-0.2, 0) is 4.74 Å². The molecule has 0 spiro atoms. The number of hydrogen-bond acceptors (Lipinski definition) is 3. The molecule has 3 nitrogen and oxygen atoms in total. The first-order valence-corrected chi connectivity index (χ1v) is 5.91. The van der Waals surface area contributed by atoms with Crippen molar-refractivity contribution < 1.29 is 4.74 Å². The summed E-state index contributed by atoms with van der Waals surface area (Å²) in [7, 11) is 2.10.